The highest BCUT2D eigenvalue weighted by Gasteiger charge is 2.37. The molecule has 2 aromatic heterocycles. The summed E-state index contributed by atoms with van der Waals surface area (Å²) >= 11 is 1.25. The molecule has 4 rings (SSSR count). The summed E-state index contributed by atoms with van der Waals surface area (Å²) in [4.78, 5) is 10.6. The Morgan fingerprint density at radius 2 is 2.15 bits per heavy atom. The fraction of sp³-hybridized carbons (Fsp3) is 0.412. The standard InChI is InChI=1S/C17H17F3N4O2S/c1-10-8-26-6-5-23(10)13-7-12(14-16(22-13)24(25)9-27-14)11-3-2-4-21-15(11)17(18,19)20/h2-4,7,10,25H,5-6,8-9H2,1H3/t10-/m1/s1. The molecule has 0 saturated carbocycles. The van der Waals surface area contributed by atoms with Crippen molar-refractivity contribution in [2.24, 2.45) is 0 Å². The van der Waals surface area contributed by atoms with E-state index in [-0.39, 0.29) is 23.3 Å². The van der Waals surface area contributed by atoms with E-state index < -0.39 is 11.9 Å². The van der Waals surface area contributed by atoms with E-state index in [0.717, 1.165) is 11.3 Å². The predicted octanol–water partition coefficient (Wildman–Crippen LogP) is 3.65. The van der Waals surface area contributed by atoms with Crippen LogP contribution in [0.5, 0.6) is 0 Å². The molecule has 6 nitrogen and oxygen atoms in total. The van der Waals surface area contributed by atoms with Crippen LogP contribution in [0, 0.1) is 0 Å². The van der Waals surface area contributed by atoms with Gasteiger partial charge in [-0.05, 0) is 19.1 Å². The minimum atomic E-state index is -4.58. The van der Waals surface area contributed by atoms with Crippen molar-refractivity contribution < 1.29 is 23.1 Å². The largest absolute Gasteiger partial charge is 0.433 e. The number of hydroxylamine groups is 1. The van der Waals surface area contributed by atoms with Gasteiger partial charge in [0.2, 0.25) is 0 Å². The van der Waals surface area contributed by atoms with Gasteiger partial charge >= 0.3 is 6.18 Å². The number of alkyl halides is 3. The van der Waals surface area contributed by atoms with Gasteiger partial charge in [-0.1, -0.05) is 17.8 Å². The number of aromatic nitrogens is 2. The Bertz CT molecular complexity index is 865. The number of hydrogen-bond donors (Lipinski definition) is 1. The molecule has 2 aromatic rings. The van der Waals surface area contributed by atoms with Crippen molar-refractivity contribution in [3.05, 3.63) is 30.1 Å². The lowest BCUT2D eigenvalue weighted by molar-refractivity contribution is -0.140. The molecule has 4 heterocycles. The van der Waals surface area contributed by atoms with E-state index in [2.05, 4.69) is 9.97 Å². The SMILES string of the molecule is C[C@@H]1COCCN1c1cc(-c2cccnc2C(F)(F)F)c2c(n1)N(O)CS2. The third kappa shape index (κ3) is 3.32. The molecule has 0 bridgehead atoms. The highest BCUT2D eigenvalue weighted by Crippen LogP contribution is 2.47. The zero-order valence-electron chi connectivity index (χ0n) is 14.4. The minimum absolute atomic E-state index is 0.0198. The molecule has 0 aromatic carbocycles. The zero-order valence-corrected chi connectivity index (χ0v) is 15.2. The van der Waals surface area contributed by atoms with Crippen molar-refractivity contribution in [3.8, 4) is 11.1 Å². The van der Waals surface area contributed by atoms with E-state index in [0.29, 0.717) is 36.0 Å². The van der Waals surface area contributed by atoms with Crippen molar-refractivity contribution in [2.75, 3.05) is 35.6 Å². The number of halogens is 3. The van der Waals surface area contributed by atoms with Crippen LogP contribution in [0.3, 0.4) is 0 Å². The summed E-state index contributed by atoms with van der Waals surface area (Å²) in [6.45, 7) is 3.55. The van der Waals surface area contributed by atoms with Gasteiger partial charge < -0.3 is 9.64 Å². The molecule has 0 aliphatic carbocycles. The molecule has 1 fully saturated rings. The van der Waals surface area contributed by atoms with Crippen molar-refractivity contribution in [1.29, 1.82) is 0 Å². The van der Waals surface area contributed by atoms with Crippen LogP contribution in [0.2, 0.25) is 0 Å². The molecule has 1 N–H and O–H groups in total. The summed E-state index contributed by atoms with van der Waals surface area (Å²) in [6, 6.07) is 4.55. The van der Waals surface area contributed by atoms with Gasteiger partial charge in [-0.3, -0.25) is 10.2 Å². The Hall–Kier alpha value is -2.04. The first kappa shape index (κ1) is 18.3. The lowest BCUT2D eigenvalue weighted by atomic mass is 10.0. The van der Waals surface area contributed by atoms with Crippen LogP contribution in [0.4, 0.5) is 24.8 Å². The first-order chi connectivity index (χ1) is 12.9. The number of rotatable bonds is 2. The molecule has 0 amide bonds. The predicted molar refractivity (Wildman–Crippen MR) is 95.1 cm³/mol. The van der Waals surface area contributed by atoms with Gasteiger partial charge in [0.25, 0.3) is 0 Å². The quantitative estimate of drug-likeness (QED) is 0.829. The van der Waals surface area contributed by atoms with E-state index in [1.807, 2.05) is 11.8 Å². The van der Waals surface area contributed by atoms with E-state index >= 15 is 0 Å². The van der Waals surface area contributed by atoms with Crippen molar-refractivity contribution in [1.82, 2.24) is 9.97 Å². The summed E-state index contributed by atoms with van der Waals surface area (Å²) in [7, 11) is 0. The van der Waals surface area contributed by atoms with Crippen molar-refractivity contribution in [2.45, 2.75) is 24.0 Å². The maximum atomic E-state index is 13.5. The van der Waals surface area contributed by atoms with Gasteiger partial charge in [-0.2, -0.15) is 13.2 Å². The fourth-order valence-electron chi connectivity index (χ4n) is 3.27. The number of anilines is 2. The Labute approximate surface area is 157 Å². The van der Waals surface area contributed by atoms with Gasteiger partial charge in [0.15, 0.2) is 11.5 Å². The Morgan fingerprint density at radius 1 is 1.33 bits per heavy atom. The second-order valence-electron chi connectivity index (χ2n) is 6.37. The minimum Gasteiger partial charge on any atom is -0.377 e. The molecular formula is C17H17F3N4O2S. The van der Waals surface area contributed by atoms with E-state index in [4.69, 9.17) is 4.74 Å². The van der Waals surface area contributed by atoms with Crippen LogP contribution in [0.25, 0.3) is 11.1 Å². The van der Waals surface area contributed by atoms with Crippen LogP contribution in [-0.4, -0.2) is 46.9 Å². The van der Waals surface area contributed by atoms with Crippen molar-refractivity contribution >= 4 is 23.4 Å². The third-order valence-electron chi connectivity index (χ3n) is 4.55. The molecule has 1 saturated heterocycles. The summed E-state index contributed by atoms with van der Waals surface area (Å²) in [5.41, 5.74) is -0.597. The van der Waals surface area contributed by atoms with Crippen LogP contribution < -0.4 is 9.96 Å². The number of hydrogen-bond acceptors (Lipinski definition) is 7. The average molecular weight is 398 g/mol. The number of fused-ring (bicyclic) bond motifs is 1. The summed E-state index contributed by atoms with van der Waals surface area (Å²) < 4.78 is 46.0. The monoisotopic (exact) mass is 398 g/mol. The highest BCUT2D eigenvalue weighted by molar-refractivity contribution is 8.00. The topological polar surface area (TPSA) is 61.7 Å². The van der Waals surface area contributed by atoms with Gasteiger partial charge in [0.05, 0.1) is 30.0 Å². The lowest BCUT2D eigenvalue weighted by Crippen LogP contribution is -2.44. The Balaban J connectivity index is 1.90. The Kier molecular flexibility index (Phi) is 4.65. The Morgan fingerprint density at radius 3 is 2.89 bits per heavy atom. The molecule has 0 spiro atoms. The molecule has 144 valence electrons. The summed E-state index contributed by atoms with van der Waals surface area (Å²) in [5.74, 6) is 0.986. The molecule has 0 radical (unpaired) electrons. The maximum absolute atomic E-state index is 13.5. The second-order valence-corrected chi connectivity index (χ2v) is 7.32. The smallest absolute Gasteiger partial charge is 0.377 e. The molecule has 0 unspecified atom stereocenters. The number of thioether (sulfide) groups is 1. The molecule has 2 aliphatic rings. The number of nitrogens with zero attached hydrogens (tertiary/aromatic N) is 4. The van der Waals surface area contributed by atoms with E-state index in [1.54, 1.807) is 6.07 Å². The van der Waals surface area contributed by atoms with Crippen LogP contribution in [0.1, 0.15) is 12.6 Å². The van der Waals surface area contributed by atoms with Gasteiger partial charge in [-0.25, -0.2) is 10.0 Å². The maximum Gasteiger partial charge on any atom is 0.433 e. The van der Waals surface area contributed by atoms with Gasteiger partial charge in [0.1, 0.15) is 5.82 Å². The molecule has 1 atom stereocenters. The van der Waals surface area contributed by atoms with E-state index in [1.165, 1.54) is 23.9 Å². The normalized spacial score (nSPS) is 20.1. The first-order valence-corrected chi connectivity index (χ1v) is 9.36. The number of pyridine rings is 2. The van der Waals surface area contributed by atoms with Crippen LogP contribution >= 0.6 is 11.8 Å². The number of ether oxygens (including phenoxy) is 1. The van der Waals surface area contributed by atoms with Gasteiger partial charge in [-0.15, -0.1) is 0 Å². The van der Waals surface area contributed by atoms with E-state index in [9.17, 15) is 18.4 Å². The molecule has 27 heavy (non-hydrogen) atoms. The second kappa shape index (κ2) is 6.84. The molecule has 10 heteroatoms. The molecular weight excluding hydrogens is 381 g/mol. The zero-order chi connectivity index (χ0) is 19.2. The molecule has 2 aliphatic heterocycles. The van der Waals surface area contributed by atoms with Gasteiger partial charge in [0, 0.05) is 23.9 Å². The van der Waals surface area contributed by atoms with Crippen LogP contribution in [0.15, 0.2) is 29.3 Å². The first-order valence-electron chi connectivity index (χ1n) is 8.37. The lowest BCUT2D eigenvalue weighted by Gasteiger charge is -2.35. The van der Waals surface area contributed by atoms with Crippen LogP contribution in [-0.2, 0) is 10.9 Å². The fourth-order valence-corrected chi connectivity index (χ4v) is 4.25. The third-order valence-corrected chi connectivity index (χ3v) is 5.61. The number of morpholine rings is 1. The summed E-state index contributed by atoms with van der Waals surface area (Å²) in [5, 5.41) is 11.1. The summed E-state index contributed by atoms with van der Waals surface area (Å²) in [6.07, 6.45) is -3.45. The average Bonchev–Trinajstić information content (AvgIpc) is 3.02. The van der Waals surface area contributed by atoms with Crippen molar-refractivity contribution in [3.63, 3.8) is 0 Å². The highest BCUT2D eigenvalue weighted by atomic mass is 32.2.